The van der Waals surface area contributed by atoms with Crippen molar-refractivity contribution in [3.63, 3.8) is 0 Å². The van der Waals surface area contributed by atoms with E-state index < -0.39 is 0 Å². The maximum absolute atomic E-state index is 6.41. The lowest BCUT2D eigenvalue weighted by Crippen LogP contribution is -2.41. The van der Waals surface area contributed by atoms with Crippen LogP contribution < -0.4 is 10.1 Å². The van der Waals surface area contributed by atoms with Crippen molar-refractivity contribution in [2.45, 2.75) is 26.2 Å². The third-order valence-corrected chi connectivity index (χ3v) is 5.93. The SMILES string of the molecule is CCC1(COc2ccnc3[nH]c4cnc(NC)cc4c23)CCN(C)CC1. The lowest BCUT2D eigenvalue weighted by molar-refractivity contribution is 0.0615. The van der Waals surface area contributed by atoms with Crippen molar-refractivity contribution in [2.24, 2.45) is 5.41 Å². The molecule has 1 saturated heterocycles. The first-order valence-electron chi connectivity index (χ1n) is 9.40. The summed E-state index contributed by atoms with van der Waals surface area (Å²) in [5.41, 5.74) is 2.10. The quantitative estimate of drug-likeness (QED) is 0.733. The van der Waals surface area contributed by atoms with Crippen molar-refractivity contribution in [1.82, 2.24) is 19.9 Å². The molecule has 6 nitrogen and oxygen atoms in total. The topological polar surface area (TPSA) is 66.1 Å². The number of hydrogen-bond donors (Lipinski definition) is 2. The molecule has 0 aliphatic carbocycles. The van der Waals surface area contributed by atoms with Crippen molar-refractivity contribution in [3.8, 4) is 5.75 Å². The van der Waals surface area contributed by atoms with E-state index in [1.807, 2.05) is 31.6 Å². The average Bonchev–Trinajstić information content (AvgIpc) is 3.06. The van der Waals surface area contributed by atoms with Gasteiger partial charge >= 0.3 is 0 Å². The van der Waals surface area contributed by atoms with Gasteiger partial charge in [-0.2, -0.15) is 0 Å². The zero-order valence-corrected chi connectivity index (χ0v) is 15.8. The van der Waals surface area contributed by atoms with Crippen LogP contribution in [0, 0.1) is 5.41 Å². The molecule has 6 heteroatoms. The number of piperidine rings is 1. The Kier molecular flexibility index (Phi) is 4.44. The maximum atomic E-state index is 6.41. The van der Waals surface area contributed by atoms with Crippen LogP contribution in [-0.2, 0) is 0 Å². The number of aromatic nitrogens is 3. The molecule has 4 heterocycles. The molecule has 1 aliphatic heterocycles. The van der Waals surface area contributed by atoms with E-state index in [0.29, 0.717) is 0 Å². The summed E-state index contributed by atoms with van der Waals surface area (Å²) in [6.07, 6.45) is 7.19. The van der Waals surface area contributed by atoms with Gasteiger partial charge in [0.15, 0.2) is 0 Å². The Hall–Kier alpha value is -2.34. The van der Waals surface area contributed by atoms with E-state index in [2.05, 4.69) is 39.1 Å². The summed E-state index contributed by atoms with van der Waals surface area (Å²) in [7, 11) is 4.08. The van der Waals surface area contributed by atoms with E-state index in [1.54, 1.807) is 0 Å². The van der Waals surface area contributed by atoms with Crippen LogP contribution in [0.2, 0.25) is 0 Å². The molecule has 0 aromatic carbocycles. The van der Waals surface area contributed by atoms with Gasteiger partial charge in [0.1, 0.15) is 17.2 Å². The minimum Gasteiger partial charge on any atom is -0.492 e. The maximum Gasteiger partial charge on any atom is 0.142 e. The van der Waals surface area contributed by atoms with Crippen molar-refractivity contribution in [1.29, 1.82) is 0 Å². The fourth-order valence-corrected chi connectivity index (χ4v) is 3.87. The summed E-state index contributed by atoms with van der Waals surface area (Å²) in [5.74, 6) is 1.75. The number of hydrogen-bond acceptors (Lipinski definition) is 5. The minimum atomic E-state index is 0.270. The Morgan fingerprint density at radius 1 is 1.31 bits per heavy atom. The standard InChI is InChI=1S/C20H27N5O/c1-4-20(6-9-25(3)10-7-20)13-26-16-5-8-22-19-18(16)14-11-17(21-2)23-12-15(14)24-19/h5,8,11-12H,4,6-7,9-10,13H2,1-3H3,(H,21,23)(H,22,24). The normalized spacial score (nSPS) is 17.7. The Morgan fingerprint density at radius 3 is 2.85 bits per heavy atom. The molecular weight excluding hydrogens is 326 g/mol. The highest BCUT2D eigenvalue weighted by molar-refractivity contribution is 6.09. The first-order valence-corrected chi connectivity index (χ1v) is 9.40. The Bertz CT molecular complexity index is 911. The van der Waals surface area contributed by atoms with Gasteiger partial charge in [-0.05, 0) is 51.5 Å². The van der Waals surface area contributed by atoms with Crippen molar-refractivity contribution in [3.05, 3.63) is 24.5 Å². The number of H-pyrrole nitrogens is 1. The van der Waals surface area contributed by atoms with E-state index in [9.17, 15) is 0 Å². The summed E-state index contributed by atoms with van der Waals surface area (Å²) >= 11 is 0. The van der Waals surface area contributed by atoms with Crippen LogP contribution in [0.5, 0.6) is 5.75 Å². The Labute approximate surface area is 154 Å². The molecule has 2 N–H and O–H groups in total. The highest BCUT2D eigenvalue weighted by Gasteiger charge is 2.33. The number of fused-ring (bicyclic) bond motifs is 3. The number of rotatable bonds is 5. The van der Waals surface area contributed by atoms with E-state index in [0.717, 1.165) is 59.6 Å². The van der Waals surface area contributed by atoms with Crippen molar-refractivity contribution in [2.75, 3.05) is 39.1 Å². The Balaban J connectivity index is 1.68. The number of likely N-dealkylation sites (tertiary alicyclic amines) is 1. The molecule has 0 bridgehead atoms. The molecule has 138 valence electrons. The van der Waals surface area contributed by atoms with Crippen LogP contribution in [0.25, 0.3) is 21.9 Å². The van der Waals surface area contributed by atoms with E-state index >= 15 is 0 Å². The third kappa shape index (κ3) is 2.98. The predicted molar refractivity (Wildman–Crippen MR) is 106 cm³/mol. The highest BCUT2D eigenvalue weighted by atomic mass is 16.5. The predicted octanol–water partition coefficient (Wildman–Crippen LogP) is 3.65. The second-order valence-electron chi connectivity index (χ2n) is 7.47. The van der Waals surface area contributed by atoms with Gasteiger partial charge in [-0.3, -0.25) is 0 Å². The van der Waals surface area contributed by atoms with Crippen LogP contribution in [0.15, 0.2) is 24.5 Å². The molecule has 0 radical (unpaired) electrons. The highest BCUT2D eigenvalue weighted by Crippen LogP contribution is 2.37. The largest absolute Gasteiger partial charge is 0.492 e. The summed E-state index contributed by atoms with van der Waals surface area (Å²) < 4.78 is 6.41. The van der Waals surface area contributed by atoms with Crippen LogP contribution in [0.3, 0.4) is 0 Å². The zero-order valence-electron chi connectivity index (χ0n) is 15.8. The molecule has 0 amide bonds. The average molecular weight is 353 g/mol. The van der Waals surface area contributed by atoms with E-state index in [-0.39, 0.29) is 5.41 Å². The second kappa shape index (κ2) is 6.76. The van der Waals surface area contributed by atoms with Crippen molar-refractivity contribution < 1.29 is 4.74 Å². The molecule has 4 rings (SSSR count). The molecule has 1 aliphatic rings. The van der Waals surface area contributed by atoms with Gasteiger partial charge < -0.3 is 19.9 Å². The van der Waals surface area contributed by atoms with Crippen LogP contribution in [-0.4, -0.2) is 53.6 Å². The molecule has 26 heavy (non-hydrogen) atoms. The second-order valence-corrected chi connectivity index (χ2v) is 7.47. The molecule has 0 atom stereocenters. The smallest absolute Gasteiger partial charge is 0.142 e. The molecular formula is C20H27N5O. The molecule has 1 fully saturated rings. The Morgan fingerprint density at radius 2 is 2.12 bits per heavy atom. The van der Waals surface area contributed by atoms with Gasteiger partial charge in [0.05, 0.1) is 23.7 Å². The van der Waals surface area contributed by atoms with Gasteiger partial charge in [0.2, 0.25) is 0 Å². The first-order chi connectivity index (χ1) is 12.6. The zero-order chi connectivity index (χ0) is 18.1. The number of anilines is 1. The first kappa shape index (κ1) is 17.1. The summed E-state index contributed by atoms with van der Waals surface area (Å²) in [6.45, 7) is 5.33. The minimum absolute atomic E-state index is 0.270. The monoisotopic (exact) mass is 353 g/mol. The summed E-state index contributed by atoms with van der Waals surface area (Å²) in [6, 6.07) is 4.03. The lowest BCUT2D eigenvalue weighted by Gasteiger charge is -2.39. The molecule has 0 saturated carbocycles. The van der Waals surface area contributed by atoms with Crippen LogP contribution >= 0.6 is 0 Å². The van der Waals surface area contributed by atoms with E-state index in [4.69, 9.17) is 4.74 Å². The number of ether oxygens (including phenoxy) is 1. The van der Waals surface area contributed by atoms with E-state index in [1.165, 1.54) is 12.8 Å². The molecule has 3 aromatic rings. The third-order valence-electron chi connectivity index (χ3n) is 5.93. The fourth-order valence-electron chi connectivity index (χ4n) is 3.87. The molecule has 3 aromatic heterocycles. The van der Waals surface area contributed by atoms with Gasteiger partial charge in [-0.15, -0.1) is 0 Å². The van der Waals surface area contributed by atoms with Gasteiger partial charge in [0, 0.05) is 24.0 Å². The van der Waals surface area contributed by atoms with Gasteiger partial charge in [0.25, 0.3) is 0 Å². The fraction of sp³-hybridized carbons (Fsp3) is 0.500. The van der Waals surface area contributed by atoms with Crippen LogP contribution in [0.4, 0.5) is 5.82 Å². The van der Waals surface area contributed by atoms with Gasteiger partial charge in [-0.25, -0.2) is 9.97 Å². The molecule has 0 spiro atoms. The number of nitrogens with one attached hydrogen (secondary N) is 2. The van der Waals surface area contributed by atoms with Crippen LogP contribution in [0.1, 0.15) is 26.2 Å². The summed E-state index contributed by atoms with van der Waals surface area (Å²) in [4.78, 5) is 14.6. The summed E-state index contributed by atoms with van der Waals surface area (Å²) in [5, 5.41) is 5.24. The lowest BCUT2D eigenvalue weighted by atomic mass is 9.77. The number of nitrogens with zero attached hydrogens (tertiary/aromatic N) is 3. The number of aromatic amines is 1. The van der Waals surface area contributed by atoms with Gasteiger partial charge in [-0.1, -0.05) is 6.92 Å². The molecule has 0 unspecified atom stereocenters. The number of pyridine rings is 2. The van der Waals surface area contributed by atoms with Crippen molar-refractivity contribution >= 4 is 27.8 Å².